The van der Waals surface area contributed by atoms with Crippen molar-refractivity contribution in [3.63, 3.8) is 0 Å². The van der Waals surface area contributed by atoms with Crippen LogP contribution < -0.4 is 21.1 Å². The van der Waals surface area contributed by atoms with E-state index >= 15 is 0 Å². The number of nitrogens with two attached hydrogens (primary N) is 1. The van der Waals surface area contributed by atoms with E-state index in [0.717, 1.165) is 73.6 Å². The van der Waals surface area contributed by atoms with Gasteiger partial charge in [0.1, 0.15) is 17.0 Å². The van der Waals surface area contributed by atoms with Crippen molar-refractivity contribution in [1.82, 2.24) is 20.1 Å². The van der Waals surface area contributed by atoms with Crippen LogP contribution in [0.1, 0.15) is 49.0 Å². The van der Waals surface area contributed by atoms with Gasteiger partial charge in [-0.15, -0.1) is 0 Å². The summed E-state index contributed by atoms with van der Waals surface area (Å²) in [6, 6.07) is 14.8. The van der Waals surface area contributed by atoms with Gasteiger partial charge < -0.3 is 20.4 Å². The summed E-state index contributed by atoms with van der Waals surface area (Å²) < 4.78 is 7.61. The largest absolute Gasteiger partial charge is 0.494 e. The van der Waals surface area contributed by atoms with Crippen molar-refractivity contribution in [2.45, 2.75) is 44.1 Å². The molecule has 0 aliphatic carbocycles. The van der Waals surface area contributed by atoms with Crippen molar-refractivity contribution in [3.05, 3.63) is 64.3 Å². The van der Waals surface area contributed by atoms with Gasteiger partial charge in [-0.1, -0.05) is 35.7 Å². The first-order valence-electron chi connectivity index (χ1n) is 14.7. The fourth-order valence-electron chi connectivity index (χ4n) is 6.20. The van der Waals surface area contributed by atoms with Gasteiger partial charge in [0.2, 0.25) is 5.91 Å². The number of benzene rings is 2. The molecule has 2 fully saturated rings. The molecule has 0 radical (unpaired) electrons. The van der Waals surface area contributed by atoms with E-state index in [0.29, 0.717) is 41.7 Å². The molecular weight excluding hydrogens is 573 g/mol. The topological polar surface area (TPSA) is 102 Å². The van der Waals surface area contributed by atoms with Gasteiger partial charge >= 0.3 is 0 Å². The highest BCUT2D eigenvalue weighted by atomic mass is 35.5. The second-order valence-corrected chi connectivity index (χ2v) is 11.9. The molecule has 0 unspecified atom stereocenters. The normalized spacial score (nSPS) is 17.1. The van der Waals surface area contributed by atoms with Crippen molar-refractivity contribution in [3.8, 4) is 28.1 Å². The zero-order valence-corrected chi connectivity index (χ0v) is 25.6. The summed E-state index contributed by atoms with van der Waals surface area (Å²) in [5, 5.41) is 7.16. The van der Waals surface area contributed by atoms with E-state index in [4.69, 9.17) is 33.7 Å². The van der Waals surface area contributed by atoms with E-state index in [2.05, 4.69) is 15.5 Å². The average molecular weight is 613 g/mol. The van der Waals surface area contributed by atoms with Gasteiger partial charge in [0.05, 0.1) is 12.3 Å². The summed E-state index contributed by atoms with van der Waals surface area (Å²) in [5.41, 5.74) is 8.44. The minimum atomic E-state index is -0.683. The SMILES string of the molecule is Cn1c(C(=O)NC(=O)C2(N3CCCCC3)CCNCC2)cc(-c2ccc(Cl)cc2Cl)c1-c1ccc(OCCCN)cc1. The molecule has 2 saturated heterocycles. The zero-order chi connectivity index (χ0) is 29.7. The number of carbonyl (C=O) groups is 2. The van der Waals surface area contributed by atoms with Crippen molar-refractivity contribution in [2.75, 3.05) is 39.3 Å². The number of ether oxygens (including phenoxy) is 1. The second-order valence-electron chi connectivity index (χ2n) is 11.1. The predicted molar refractivity (Wildman–Crippen MR) is 168 cm³/mol. The van der Waals surface area contributed by atoms with Crippen LogP contribution in [-0.2, 0) is 11.8 Å². The van der Waals surface area contributed by atoms with E-state index in [1.165, 1.54) is 6.42 Å². The molecule has 10 heteroatoms. The Kier molecular flexibility index (Phi) is 9.91. The molecule has 0 spiro atoms. The molecule has 3 heterocycles. The fraction of sp³-hybridized carbons (Fsp3) is 0.438. The number of imide groups is 1. The number of hydrogen-bond donors (Lipinski definition) is 3. The Morgan fingerprint density at radius 1 is 1.00 bits per heavy atom. The number of halogens is 2. The number of nitrogens with one attached hydrogen (secondary N) is 2. The number of hydrogen-bond acceptors (Lipinski definition) is 6. The van der Waals surface area contributed by atoms with Crippen LogP contribution in [0.4, 0.5) is 0 Å². The molecule has 5 rings (SSSR count). The first-order chi connectivity index (χ1) is 20.3. The number of piperidine rings is 2. The van der Waals surface area contributed by atoms with Gasteiger partial charge in [0.25, 0.3) is 5.91 Å². The summed E-state index contributed by atoms with van der Waals surface area (Å²) in [4.78, 5) is 30.1. The van der Waals surface area contributed by atoms with Crippen LogP contribution in [0.5, 0.6) is 5.75 Å². The minimum absolute atomic E-state index is 0.219. The lowest BCUT2D eigenvalue weighted by Crippen LogP contribution is -2.64. The molecule has 224 valence electrons. The standard InChI is InChI=1S/C32H39Cl2N5O3/c1-38-28(30(40)37-31(41)32(12-15-36-16-13-32)39-17-3-2-4-18-39)21-26(25-11-8-23(33)20-27(25)34)29(38)22-6-9-24(10-7-22)42-19-5-14-35/h6-11,20-21,36H,2-5,12-19,35H2,1H3,(H,37,40,41). The number of carbonyl (C=O) groups excluding carboxylic acids is 2. The molecule has 2 amide bonds. The summed E-state index contributed by atoms with van der Waals surface area (Å²) in [6.45, 7) is 4.35. The maximum absolute atomic E-state index is 13.9. The molecule has 0 saturated carbocycles. The average Bonchev–Trinajstić information content (AvgIpc) is 3.35. The number of likely N-dealkylation sites (tertiary alicyclic amines) is 1. The first kappa shape index (κ1) is 30.6. The van der Waals surface area contributed by atoms with E-state index in [-0.39, 0.29) is 5.91 Å². The molecule has 0 bridgehead atoms. The summed E-state index contributed by atoms with van der Waals surface area (Å²) in [5.74, 6) is 0.0847. The smallest absolute Gasteiger partial charge is 0.274 e. The lowest BCUT2D eigenvalue weighted by Gasteiger charge is -2.46. The fourth-order valence-corrected chi connectivity index (χ4v) is 6.71. The number of rotatable bonds is 9. The van der Waals surface area contributed by atoms with Crippen LogP contribution in [0.3, 0.4) is 0 Å². The summed E-state index contributed by atoms with van der Waals surface area (Å²) in [6.07, 6.45) is 5.44. The molecule has 3 aromatic rings. The Hall–Kier alpha value is -2.88. The third kappa shape index (κ3) is 6.38. The number of nitrogens with zero attached hydrogens (tertiary/aromatic N) is 2. The zero-order valence-electron chi connectivity index (χ0n) is 24.1. The van der Waals surface area contributed by atoms with Crippen molar-refractivity contribution in [2.24, 2.45) is 12.8 Å². The molecule has 2 aliphatic rings. The van der Waals surface area contributed by atoms with Gasteiger partial charge in [-0.05, 0) is 113 Å². The van der Waals surface area contributed by atoms with E-state index in [1.807, 2.05) is 41.9 Å². The first-order valence-corrected chi connectivity index (χ1v) is 15.5. The van der Waals surface area contributed by atoms with Crippen molar-refractivity contribution < 1.29 is 14.3 Å². The van der Waals surface area contributed by atoms with Crippen LogP contribution in [0.2, 0.25) is 10.0 Å². The molecule has 2 aliphatic heterocycles. The van der Waals surface area contributed by atoms with Gasteiger partial charge in [-0.25, -0.2) is 0 Å². The van der Waals surface area contributed by atoms with E-state index < -0.39 is 11.4 Å². The maximum Gasteiger partial charge on any atom is 0.274 e. The highest BCUT2D eigenvalue weighted by Gasteiger charge is 2.45. The predicted octanol–water partition coefficient (Wildman–Crippen LogP) is 5.26. The van der Waals surface area contributed by atoms with Crippen LogP contribution in [0.25, 0.3) is 22.4 Å². The second kappa shape index (κ2) is 13.6. The highest BCUT2D eigenvalue weighted by molar-refractivity contribution is 6.36. The molecule has 4 N–H and O–H groups in total. The van der Waals surface area contributed by atoms with Crippen LogP contribution >= 0.6 is 23.2 Å². The Bertz CT molecular complexity index is 1410. The molecule has 8 nitrogen and oxygen atoms in total. The third-order valence-corrected chi connectivity index (χ3v) is 9.02. The molecule has 1 aromatic heterocycles. The van der Waals surface area contributed by atoms with Crippen LogP contribution in [0.15, 0.2) is 48.5 Å². The summed E-state index contributed by atoms with van der Waals surface area (Å²) in [7, 11) is 1.83. The van der Waals surface area contributed by atoms with Crippen molar-refractivity contribution in [1.29, 1.82) is 0 Å². The van der Waals surface area contributed by atoms with Gasteiger partial charge in [-0.3, -0.25) is 19.8 Å². The third-order valence-electron chi connectivity index (χ3n) is 8.47. The van der Waals surface area contributed by atoms with E-state index in [1.54, 1.807) is 18.2 Å². The number of amides is 2. The molecule has 0 atom stereocenters. The molecule has 2 aromatic carbocycles. The van der Waals surface area contributed by atoms with Crippen LogP contribution in [-0.4, -0.2) is 66.2 Å². The van der Waals surface area contributed by atoms with Gasteiger partial charge in [0.15, 0.2) is 0 Å². The molecule has 42 heavy (non-hydrogen) atoms. The number of aromatic nitrogens is 1. The Morgan fingerprint density at radius 2 is 1.71 bits per heavy atom. The van der Waals surface area contributed by atoms with Gasteiger partial charge in [0, 0.05) is 28.2 Å². The lowest BCUT2D eigenvalue weighted by molar-refractivity contribution is -0.135. The van der Waals surface area contributed by atoms with Crippen LogP contribution in [0, 0.1) is 0 Å². The van der Waals surface area contributed by atoms with E-state index in [9.17, 15) is 9.59 Å². The molecular formula is C32H39Cl2N5O3. The lowest BCUT2D eigenvalue weighted by atomic mass is 9.83. The Labute approximate surface area is 257 Å². The minimum Gasteiger partial charge on any atom is -0.494 e. The van der Waals surface area contributed by atoms with Crippen molar-refractivity contribution >= 4 is 35.0 Å². The Balaban J connectivity index is 1.49. The highest BCUT2D eigenvalue weighted by Crippen LogP contribution is 2.40. The Morgan fingerprint density at radius 3 is 2.38 bits per heavy atom. The quantitative estimate of drug-likeness (QED) is 0.225. The monoisotopic (exact) mass is 611 g/mol. The summed E-state index contributed by atoms with van der Waals surface area (Å²) >= 11 is 12.9. The maximum atomic E-state index is 13.9. The van der Waals surface area contributed by atoms with Gasteiger partial charge in [-0.2, -0.15) is 0 Å².